The van der Waals surface area contributed by atoms with E-state index < -0.39 is 53.8 Å². The molecule has 3 atom stereocenters. The molecule has 10 nitrogen and oxygen atoms in total. The van der Waals surface area contributed by atoms with Crippen molar-refractivity contribution < 1.29 is 33.4 Å². The van der Waals surface area contributed by atoms with E-state index in [9.17, 15) is 38.2 Å². The molecule has 3 N–H and O–H groups in total. The molecule has 4 aliphatic rings. The van der Waals surface area contributed by atoms with Crippen molar-refractivity contribution in [3.63, 3.8) is 0 Å². The van der Waals surface area contributed by atoms with Crippen LogP contribution in [0.3, 0.4) is 0 Å². The van der Waals surface area contributed by atoms with Crippen LogP contribution in [0.1, 0.15) is 51.2 Å². The van der Waals surface area contributed by atoms with Gasteiger partial charge in [-0.2, -0.15) is 0 Å². The summed E-state index contributed by atoms with van der Waals surface area (Å²) in [5, 5.41) is 10.9. The number of carbonyl (C=O) groups excluding carboxylic acids is 2. The number of hydrogen-bond acceptors (Lipinski definition) is 5. The molecular weight excluding hydrogens is 528 g/mol. The molecule has 2 amide bonds. The van der Waals surface area contributed by atoms with Crippen molar-refractivity contribution in [2.75, 3.05) is 19.8 Å². The average Bonchev–Trinajstić information content (AvgIpc) is 3.36. The quantitative estimate of drug-likeness (QED) is 0.495. The van der Waals surface area contributed by atoms with Crippen LogP contribution in [0.25, 0.3) is 0 Å². The minimum absolute atomic E-state index is 0.00392. The lowest BCUT2D eigenvalue weighted by molar-refractivity contribution is 0.0125. The van der Waals surface area contributed by atoms with Gasteiger partial charge in [-0.05, 0) is 49.3 Å². The van der Waals surface area contributed by atoms with Crippen LogP contribution < -0.4 is 5.56 Å². The van der Waals surface area contributed by atoms with Crippen LogP contribution >= 0.6 is 19.2 Å². The highest BCUT2D eigenvalue weighted by Gasteiger charge is 2.77. The molecule has 0 unspecified atom stereocenters. The number of fused-ring (bicyclic) bond motifs is 6. The Hall–Kier alpha value is -2.72. The molecule has 1 aromatic heterocycles. The van der Waals surface area contributed by atoms with E-state index in [1.54, 1.807) is 0 Å². The number of nitrogens with zero attached hydrogens (tertiary/aromatic N) is 3. The predicted molar refractivity (Wildman–Crippen MR) is 129 cm³/mol. The van der Waals surface area contributed by atoms with Gasteiger partial charge in [0, 0.05) is 31.1 Å². The third kappa shape index (κ3) is 3.17. The molecule has 13 heteroatoms. The van der Waals surface area contributed by atoms with Crippen molar-refractivity contribution >= 4 is 31.0 Å². The van der Waals surface area contributed by atoms with Crippen molar-refractivity contribution in [1.29, 1.82) is 0 Å². The maximum absolute atomic E-state index is 13.7. The molecule has 6 rings (SSSR count). The zero-order valence-corrected chi connectivity index (χ0v) is 21.4. The normalized spacial score (nSPS) is 28.1. The summed E-state index contributed by atoms with van der Waals surface area (Å²) in [6, 6.07) is 4.06. The fourth-order valence-electron chi connectivity index (χ4n) is 7.15. The summed E-state index contributed by atoms with van der Waals surface area (Å²) in [6.45, 7) is 0.229. The molecule has 1 spiro atoms. The fourth-order valence-corrected chi connectivity index (χ4v) is 8.73. The number of carbonyl (C=O) groups is 2. The minimum atomic E-state index is -4.49. The topological polar surface area (TPSA) is 140 Å². The van der Waals surface area contributed by atoms with Gasteiger partial charge in [-0.25, -0.2) is 4.39 Å². The number of pyridine rings is 1. The lowest BCUT2D eigenvalue weighted by Crippen LogP contribution is -2.54. The fraction of sp³-hybridized carbons (Fsp3) is 0.458. The summed E-state index contributed by atoms with van der Waals surface area (Å²) < 4.78 is 26.9. The second-order valence-electron chi connectivity index (χ2n) is 10.5. The van der Waals surface area contributed by atoms with Gasteiger partial charge in [0.2, 0.25) is 0 Å². The number of amides is 2. The summed E-state index contributed by atoms with van der Waals surface area (Å²) in [7, 11) is -2.98. The maximum Gasteiger partial charge on any atom is 0.326 e. The van der Waals surface area contributed by atoms with Gasteiger partial charge >= 0.3 is 7.60 Å². The zero-order valence-electron chi connectivity index (χ0n) is 19.8. The number of halogens is 2. The number of aromatic hydroxyl groups is 1. The van der Waals surface area contributed by atoms with Crippen LogP contribution in [0.15, 0.2) is 23.0 Å². The van der Waals surface area contributed by atoms with Crippen LogP contribution in [0.2, 0.25) is 5.02 Å². The SMILES string of the molecule is CN1C(=O)c2c3c(c(O)c(=O)n2[C@]12CC[C@@H]1C[C@@]12CP(=O)(O)O)C(=O)N(Cc1ccc(F)c(Cl)c1)CC3. The minimum Gasteiger partial charge on any atom is -0.502 e. The van der Waals surface area contributed by atoms with E-state index in [2.05, 4.69) is 0 Å². The summed E-state index contributed by atoms with van der Waals surface area (Å²) >= 11 is 5.86. The third-order valence-electron chi connectivity index (χ3n) is 8.73. The third-order valence-corrected chi connectivity index (χ3v) is 10.0. The molecule has 3 heterocycles. The molecule has 1 aromatic carbocycles. The van der Waals surface area contributed by atoms with Crippen molar-refractivity contribution in [3.8, 4) is 5.75 Å². The lowest BCUT2D eigenvalue weighted by Gasteiger charge is -2.42. The van der Waals surface area contributed by atoms with Crippen LogP contribution in [0.5, 0.6) is 5.75 Å². The number of benzene rings is 1. The molecule has 2 aliphatic carbocycles. The van der Waals surface area contributed by atoms with E-state index in [-0.39, 0.29) is 47.3 Å². The lowest BCUT2D eigenvalue weighted by atomic mass is 9.89. The first-order valence-corrected chi connectivity index (χ1v) is 14.1. The molecule has 2 aliphatic heterocycles. The molecule has 0 bridgehead atoms. The van der Waals surface area contributed by atoms with Gasteiger partial charge < -0.3 is 24.7 Å². The van der Waals surface area contributed by atoms with Crippen molar-refractivity contribution in [3.05, 3.63) is 61.8 Å². The van der Waals surface area contributed by atoms with Crippen LogP contribution in [0, 0.1) is 17.2 Å². The first kappa shape index (κ1) is 24.6. The summed E-state index contributed by atoms with van der Waals surface area (Å²) in [5.74, 6) is -2.61. The van der Waals surface area contributed by atoms with E-state index in [0.717, 1.165) is 0 Å². The Morgan fingerprint density at radius 1 is 1.22 bits per heavy atom. The van der Waals surface area contributed by atoms with Crippen molar-refractivity contribution in [2.24, 2.45) is 11.3 Å². The Bertz CT molecular complexity index is 1520. The van der Waals surface area contributed by atoms with Crippen LogP contribution in [-0.4, -0.2) is 60.8 Å². The van der Waals surface area contributed by atoms with E-state index in [0.29, 0.717) is 24.8 Å². The average molecular weight is 552 g/mol. The Morgan fingerprint density at radius 3 is 2.59 bits per heavy atom. The highest BCUT2D eigenvalue weighted by atomic mass is 35.5. The number of aromatic nitrogens is 1. The zero-order chi connectivity index (χ0) is 26.7. The molecule has 196 valence electrons. The van der Waals surface area contributed by atoms with Gasteiger partial charge in [-0.3, -0.25) is 23.5 Å². The van der Waals surface area contributed by atoms with Crippen LogP contribution in [0.4, 0.5) is 4.39 Å². The molecular formula is C24H24ClFN3O7P. The summed E-state index contributed by atoms with van der Waals surface area (Å²) in [6.07, 6.45) is 1.04. The molecule has 37 heavy (non-hydrogen) atoms. The van der Waals surface area contributed by atoms with E-state index in [1.807, 2.05) is 0 Å². The van der Waals surface area contributed by atoms with E-state index in [1.165, 1.54) is 39.6 Å². The monoisotopic (exact) mass is 551 g/mol. The first-order valence-electron chi connectivity index (χ1n) is 11.9. The Labute approximate surface area is 215 Å². The van der Waals surface area contributed by atoms with Crippen LogP contribution in [-0.2, 0) is 23.2 Å². The smallest absolute Gasteiger partial charge is 0.326 e. The van der Waals surface area contributed by atoms with E-state index >= 15 is 0 Å². The Morgan fingerprint density at radius 2 is 1.95 bits per heavy atom. The number of rotatable bonds is 4. The Kier molecular flexibility index (Phi) is 5.09. The molecule has 0 radical (unpaired) electrons. The number of hydrogen-bond donors (Lipinski definition) is 3. The molecule has 0 saturated heterocycles. The maximum atomic E-state index is 13.7. The second kappa shape index (κ2) is 7.66. The van der Waals surface area contributed by atoms with Gasteiger partial charge in [0.15, 0.2) is 5.75 Å². The van der Waals surface area contributed by atoms with E-state index in [4.69, 9.17) is 11.6 Å². The van der Waals surface area contributed by atoms with Gasteiger partial charge in [0.1, 0.15) is 17.2 Å². The van der Waals surface area contributed by atoms with Gasteiger partial charge in [0.05, 0.1) is 16.7 Å². The summed E-state index contributed by atoms with van der Waals surface area (Å²) in [4.78, 5) is 63.2. The second-order valence-corrected chi connectivity index (χ2v) is 12.6. The first-order chi connectivity index (χ1) is 17.3. The van der Waals surface area contributed by atoms with Crippen molar-refractivity contribution in [2.45, 2.75) is 37.9 Å². The molecule has 2 aromatic rings. The Balaban J connectivity index is 1.47. The molecule has 2 saturated carbocycles. The van der Waals surface area contributed by atoms with Gasteiger partial charge in [-0.1, -0.05) is 17.7 Å². The highest BCUT2D eigenvalue weighted by molar-refractivity contribution is 7.51. The molecule has 2 fully saturated rings. The van der Waals surface area contributed by atoms with Crippen molar-refractivity contribution in [1.82, 2.24) is 14.4 Å². The van der Waals surface area contributed by atoms with Gasteiger partial charge in [0.25, 0.3) is 17.4 Å². The predicted octanol–water partition coefficient (Wildman–Crippen LogP) is 2.26. The standard InChI is InChI=1S/C24H24ClFN3O7P/c1-27-21(32)18-14-5-7-28(10-12-2-3-16(26)15(25)8-12)20(31)17(14)19(30)22(33)29(18)24(27)6-4-13-9-23(13,24)11-37(34,35)36/h2-3,8,13,30H,4-7,9-11H2,1H3,(H2,34,35,36)/t13-,23-,24+/m1/s1. The largest absolute Gasteiger partial charge is 0.502 e. The highest BCUT2D eigenvalue weighted by Crippen LogP contribution is 2.76. The van der Waals surface area contributed by atoms with Gasteiger partial charge in [-0.15, -0.1) is 0 Å². The summed E-state index contributed by atoms with van der Waals surface area (Å²) in [5.41, 5.74) is -2.68.